The van der Waals surface area contributed by atoms with Gasteiger partial charge in [-0.1, -0.05) is 12.2 Å². The Morgan fingerprint density at radius 3 is 3.00 bits per heavy atom. The number of ether oxygens (including phenoxy) is 1. The van der Waals surface area contributed by atoms with E-state index in [9.17, 15) is 4.79 Å². The van der Waals surface area contributed by atoms with Crippen LogP contribution in [-0.2, 0) is 4.74 Å². The van der Waals surface area contributed by atoms with Crippen molar-refractivity contribution in [3.05, 3.63) is 35.2 Å². The van der Waals surface area contributed by atoms with Crippen molar-refractivity contribution in [1.29, 1.82) is 0 Å². The van der Waals surface area contributed by atoms with Gasteiger partial charge < -0.3 is 19.7 Å². The number of aliphatic hydroxyl groups excluding tert-OH is 1. The molecule has 0 aromatic carbocycles. The molecule has 0 saturated carbocycles. The summed E-state index contributed by atoms with van der Waals surface area (Å²) in [6.07, 6.45) is 4.35. The van der Waals surface area contributed by atoms with E-state index in [1.54, 1.807) is 12.2 Å². The van der Waals surface area contributed by atoms with Gasteiger partial charge in [0.25, 0.3) is 5.91 Å². The van der Waals surface area contributed by atoms with Crippen molar-refractivity contribution in [3.8, 4) is 0 Å². The number of aromatic nitrogens is 1. The molecule has 1 saturated heterocycles. The van der Waals surface area contributed by atoms with Gasteiger partial charge in [-0.2, -0.15) is 0 Å². The van der Waals surface area contributed by atoms with E-state index in [0.29, 0.717) is 18.2 Å². The van der Waals surface area contributed by atoms with Crippen molar-refractivity contribution in [1.82, 2.24) is 9.88 Å². The van der Waals surface area contributed by atoms with Crippen LogP contribution in [0.1, 0.15) is 34.2 Å². The molecule has 5 nitrogen and oxygen atoms in total. The van der Waals surface area contributed by atoms with Gasteiger partial charge in [0.05, 0.1) is 24.8 Å². The summed E-state index contributed by atoms with van der Waals surface area (Å²) < 4.78 is 7.63. The molecule has 1 fully saturated rings. The predicted molar refractivity (Wildman–Crippen MR) is 76.9 cm³/mol. The predicted octanol–water partition coefficient (Wildman–Crippen LogP) is 1.34. The van der Waals surface area contributed by atoms with E-state index in [-0.39, 0.29) is 12.5 Å². The summed E-state index contributed by atoms with van der Waals surface area (Å²) in [5, 5.41) is 11.5. The van der Waals surface area contributed by atoms with Gasteiger partial charge in [0.2, 0.25) is 0 Å². The minimum atomic E-state index is -0.0779. The number of aryl methyl sites for hydroxylation is 1. The number of rotatable bonds is 5. The normalized spacial score (nSPS) is 18.9. The molecule has 1 unspecified atom stereocenters. The molecule has 2 rings (SSSR count). The molecule has 5 heteroatoms. The molecule has 1 aromatic heterocycles. The number of amides is 1. The molecular weight excluding hydrogens is 256 g/mol. The van der Waals surface area contributed by atoms with Crippen LogP contribution in [0, 0.1) is 13.8 Å². The van der Waals surface area contributed by atoms with Crippen LogP contribution in [0.2, 0.25) is 0 Å². The first kappa shape index (κ1) is 14.8. The molecular formula is C15H22N2O3. The minimum Gasteiger partial charge on any atom is -0.392 e. The van der Waals surface area contributed by atoms with Crippen molar-refractivity contribution in [2.24, 2.45) is 0 Å². The first-order valence-electron chi connectivity index (χ1n) is 6.95. The van der Waals surface area contributed by atoms with Crippen LogP contribution in [0.3, 0.4) is 0 Å². The summed E-state index contributed by atoms with van der Waals surface area (Å²) in [5.41, 5.74) is 2.79. The number of hydrogen-bond donors (Lipinski definition) is 2. The topological polar surface area (TPSA) is 63.5 Å². The molecule has 1 amide bonds. The summed E-state index contributed by atoms with van der Waals surface area (Å²) in [5.74, 6) is -0.0779. The molecule has 1 atom stereocenters. The Kier molecular flexibility index (Phi) is 4.98. The lowest BCUT2D eigenvalue weighted by atomic mass is 10.2. The van der Waals surface area contributed by atoms with Crippen LogP contribution in [0.25, 0.3) is 0 Å². The van der Waals surface area contributed by atoms with Crippen LogP contribution in [0.4, 0.5) is 0 Å². The largest absolute Gasteiger partial charge is 0.392 e. The SMILES string of the molecule is Cc1cc(C(=O)NC/C=C/CO)c(C)n1C1CCOC1. The number of nitrogens with one attached hydrogen (secondary N) is 1. The summed E-state index contributed by atoms with van der Waals surface area (Å²) in [6, 6.07) is 2.27. The molecule has 0 aliphatic carbocycles. The lowest BCUT2D eigenvalue weighted by Gasteiger charge is -2.16. The molecule has 20 heavy (non-hydrogen) atoms. The van der Waals surface area contributed by atoms with Crippen molar-refractivity contribution >= 4 is 5.91 Å². The van der Waals surface area contributed by atoms with E-state index in [1.807, 2.05) is 19.9 Å². The zero-order valence-electron chi connectivity index (χ0n) is 12.1. The number of aliphatic hydroxyl groups is 1. The van der Waals surface area contributed by atoms with Crippen molar-refractivity contribution in [2.75, 3.05) is 26.4 Å². The molecule has 110 valence electrons. The third kappa shape index (κ3) is 3.11. The van der Waals surface area contributed by atoms with E-state index in [4.69, 9.17) is 9.84 Å². The fourth-order valence-corrected chi connectivity index (χ4v) is 2.70. The van der Waals surface area contributed by atoms with Gasteiger partial charge in [0, 0.05) is 24.5 Å². The zero-order valence-corrected chi connectivity index (χ0v) is 12.1. The average molecular weight is 278 g/mol. The standard InChI is InChI=1S/C15H22N2O3/c1-11-9-14(15(19)16-6-3-4-7-18)12(2)17(11)13-5-8-20-10-13/h3-4,9,13,18H,5-8,10H2,1-2H3,(H,16,19)/b4-3+. The van der Waals surface area contributed by atoms with Crippen LogP contribution < -0.4 is 5.32 Å². The number of carbonyl (C=O) groups excluding carboxylic acids is 1. The van der Waals surface area contributed by atoms with Gasteiger partial charge in [0.15, 0.2) is 0 Å². The summed E-state index contributed by atoms with van der Waals surface area (Å²) in [6.45, 7) is 5.92. The lowest BCUT2D eigenvalue weighted by molar-refractivity contribution is 0.0957. The Balaban J connectivity index is 2.10. The van der Waals surface area contributed by atoms with Gasteiger partial charge >= 0.3 is 0 Å². The smallest absolute Gasteiger partial charge is 0.253 e. The first-order chi connectivity index (χ1) is 9.65. The summed E-state index contributed by atoms with van der Waals surface area (Å²) >= 11 is 0. The number of carbonyl (C=O) groups is 1. The van der Waals surface area contributed by atoms with Crippen molar-refractivity contribution in [3.63, 3.8) is 0 Å². The van der Waals surface area contributed by atoms with E-state index < -0.39 is 0 Å². The molecule has 1 aliphatic rings. The zero-order chi connectivity index (χ0) is 14.5. The molecule has 2 N–H and O–H groups in total. The van der Waals surface area contributed by atoms with Crippen LogP contribution in [-0.4, -0.2) is 41.9 Å². The van der Waals surface area contributed by atoms with Gasteiger partial charge in [-0.15, -0.1) is 0 Å². The Labute approximate surface area is 119 Å². The molecule has 0 bridgehead atoms. The highest BCUT2D eigenvalue weighted by Crippen LogP contribution is 2.26. The molecule has 1 aliphatic heterocycles. The maximum atomic E-state index is 12.2. The number of hydrogen-bond acceptors (Lipinski definition) is 3. The van der Waals surface area contributed by atoms with Crippen LogP contribution in [0.15, 0.2) is 18.2 Å². The second-order valence-corrected chi connectivity index (χ2v) is 5.04. The van der Waals surface area contributed by atoms with Gasteiger partial charge in [-0.3, -0.25) is 4.79 Å². The minimum absolute atomic E-state index is 0.00787. The van der Waals surface area contributed by atoms with E-state index in [0.717, 1.165) is 31.0 Å². The van der Waals surface area contributed by atoms with Crippen LogP contribution >= 0.6 is 0 Å². The Hall–Kier alpha value is -1.59. The highest BCUT2D eigenvalue weighted by molar-refractivity contribution is 5.95. The molecule has 1 aromatic rings. The summed E-state index contributed by atoms with van der Waals surface area (Å²) in [7, 11) is 0. The summed E-state index contributed by atoms with van der Waals surface area (Å²) in [4.78, 5) is 12.2. The number of nitrogens with zero attached hydrogens (tertiary/aromatic N) is 1. The highest BCUT2D eigenvalue weighted by Gasteiger charge is 2.23. The Morgan fingerprint density at radius 2 is 2.35 bits per heavy atom. The average Bonchev–Trinajstić information content (AvgIpc) is 3.03. The third-order valence-corrected chi connectivity index (χ3v) is 3.65. The maximum Gasteiger partial charge on any atom is 0.253 e. The quantitative estimate of drug-likeness (QED) is 0.799. The Bertz CT molecular complexity index is 499. The van der Waals surface area contributed by atoms with Crippen molar-refractivity contribution < 1.29 is 14.6 Å². The van der Waals surface area contributed by atoms with E-state index in [2.05, 4.69) is 9.88 Å². The van der Waals surface area contributed by atoms with Gasteiger partial charge in [0.1, 0.15) is 0 Å². The van der Waals surface area contributed by atoms with E-state index in [1.165, 1.54) is 0 Å². The van der Waals surface area contributed by atoms with Crippen molar-refractivity contribution in [2.45, 2.75) is 26.3 Å². The second-order valence-electron chi connectivity index (χ2n) is 5.04. The fraction of sp³-hybridized carbons (Fsp3) is 0.533. The fourth-order valence-electron chi connectivity index (χ4n) is 2.70. The van der Waals surface area contributed by atoms with Gasteiger partial charge in [-0.05, 0) is 26.3 Å². The highest BCUT2D eigenvalue weighted by atomic mass is 16.5. The lowest BCUT2D eigenvalue weighted by Crippen LogP contribution is -2.24. The maximum absolute atomic E-state index is 12.2. The molecule has 0 radical (unpaired) electrons. The monoisotopic (exact) mass is 278 g/mol. The first-order valence-corrected chi connectivity index (χ1v) is 6.95. The van der Waals surface area contributed by atoms with Gasteiger partial charge in [-0.25, -0.2) is 0 Å². The Morgan fingerprint density at radius 1 is 1.55 bits per heavy atom. The molecule has 0 spiro atoms. The second kappa shape index (κ2) is 6.72. The van der Waals surface area contributed by atoms with Crippen LogP contribution in [0.5, 0.6) is 0 Å². The molecule has 2 heterocycles. The van der Waals surface area contributed by atoms with E-state index >= 15 is 0 Å². The third-order valence-electron chi connectivity index (χ3n) is 3.65.